The van der Waals surface area contributed by atoms with E-state index in [1.54, 1.807) is 0 Å². The second kappa shape index (κ2) is 5.26. The van der Waals surface area contributed by atoms with Crippen LogP contribution in [0.25, 0.3) is 0 Å². The Bertz CT molecular complexity index is 816. The third kappa shape index (κ3) is 2.25. The van der Waals surface area contributed by atoms with E-state index >= 15 is 0 Å². The first-order valence-electron chi connectivity index (χ1n) is 7.55. The molecular formula is C19H17N3. The van der Waals surface area contributed by atoms with Gasteiger partial charge in [-0.1, -0.05) is 60.7 Å². The van der Waals surface area contributed by atoms with Crippen LogP contribution in [0.2, 0.25) is 0 Å². The number of hydrogen-bond acceptors (Lipinski definition) is 2. The molecule has 0 N–H and O–H groups in total. The fourth-order valence-electron chi connectivity index (χ4n) is 3.02. The van der Waals surface area contributed by atoms with Gasteiger partial charge in [-0.3, -0.25) is 0 Å². The molecule has 0 radical (unpaired) electrons. The van der Waals surface area contributed by atoms with Crippen LogP contribution in [0.15, 0.2) is 71.7 Å². The normalized spacial score (nSPS) is 17.0. The van der Waals surface area contributed by atoms with Gasteiger partial charge in [0.05, 0.1) is 17.4 Å². The summed E-state index contributed by atoms with van der Waals surface area (Å²) in [4.78, 5) is 4.83. The zero-order valence-electron chi connectivity index (χ0n) is 12.5. The first-order chi connectivity index (χ1) is 10.8. The van der Waals surface area contributed by atoms with Gasteiger partial charge in [-0.15, -0.1) is 0 Å². The van der Waals surface area contributed by atoms with Gasteiger partial charge in [0.1, 0.15) is 0 Å². The summed E-state index contributed by atoms with van der Waals surface area (Å²) < 4.78 is 2.05. The SMILES string of the molecule is Cc1cc2n(n1)[C@H](c1ccccc1)CC(c1ccccc1)=N2. The Hall–Kier alpha value is -2.68. The van der Waals surface area contributed by atoms with Crippen LogP contribution >= 0.6 is 0 Å². The van der Waals surface area contributed by atoms with Crippen molar-refractivity contribution in [2.75, 3.05) is 0 Å². The number of benzene rings is 2. The number of nitrogens with zero attached hydrogens (tertiary/aromatic N) is 3. The Morgan fingerprint density at radius 2 is 1.64 bits per heavy atom. The molecule has 1 aliphatic rings. The van der Waals surface area contributed by atoms with Crippen LogP contribution < -0.4 is 0 Å². The summed E-state index contributed by atoms with van der Waals surface area (Å²) >= 11 is 0. The fraction of sp³-hybridized carbons (Fsp3) is 0.158. The number of rotatable bonds is 2. The molecule has 0 spiro atoms. The van der Waals surface area contributed by atoms with E-state index in [-0.39, 0.29) is 6.04 Å². The van der Waals surface area contributed by atoms with Crippen molar-refractivity contribution in [3.63, 3.8) is 0 Å². The summed E-state index contributed by atoms with van der Waals surface area (Å²) in [6.07, 6.45) is 0.863. The lowest BCUT2D eigenvalue weighted by Gasteiger charge is -2.24. The molecule has 0 aliphatic carbocycles. The second-order valence-corrected chi connectivity index (χ2v) is 5.64. The minimum absolute atomic E-state index is 0.206. The maximum absolute atomic E-state index is 4.83. The number of aryl methyl sites for hydroxylation is 1. The average molecular weight is 287 g/mol. The minimum Gasteiger partial charge on any atom is -0.240 e. The van der Waals surface area contributed by atoms with Gasteiger partial charge in [-0.25, -0.2) is 9.67 Å². The van der Waals surface area contributed by atoms with Crippen LogP contribution in [-0.2, 0) is 0 Å². The van der Waals surface area contributed by atoms with Gasteiger partial charge in [0.2, 0.25) is 0 Å². The molecule has 22 heavy (non-hydrogen) atoms. The summed E-state index contributed by atoms with van der Waals surface area (Å²) in [6.45, 7) is 2.02. The first-order valence-corrected chi connectivity index (χ1v) is 7.55. The van der Waals surface area contributed by atoms with Crippen molar-refractivity contribution in [1.82, 2.24) is 9.78 Å². The standard InChI is InChI=1S/C19H17N3/c1-14-12-19-20-17(15-8-4-2-5-9-15)13-18(22(19)21-14)16-10-6-3-7-11-16/h2-12,18H,13H2,1H3/t18-/m0/s1. The quantitative estimate of drug-likeness (QED) is 0.691. The van der Waals surface area contributed by atoms with Crippen LogP contribution in [0.1, 0.15) is 29.3 Å². The van der Waals surface area contributed by atoms with Crippen LogP contribution in [-0.4, -0.2) is 15.5 Å². The molecule has 3 heteroatoms. The molecule has 0 fully saturated rings. The summed E-state index contributed by atoms with van der Waals surface area (Å²) in [5.41, 5.74) is 4.60. The summed E-state index contributed by atoms with van der Waals surface area (Å²) in [6, 6.07) is 23.2. The summed E-state index contributed by atoms with van der Waals surface area (Å²) in [5.74, 6) is 0.941. The van der Waals surface area contributed by atoms with Crippen LogP contribution in [0.5, 0.6) is 0 Å². The predicted molar refractivity (Wildman–Crippen MR) is 88.8 cm³/mol. The number of aromatic nitrogens is 2. The highest BCUT2D eigenvalue weighted by atomic mass is 15.3. The molecule has 1 aliphatic heterocycles. The molecule has 0 saturated heterocycles. The average Bonchev–Trinajstić information content (AvgIpc) is 2.95. The molecule has 0 bridgehead atoms. The number of hydrogen-bond donors (Lipinski definition) is 0. The molecule has 0 amide bonds. The van der Waals surface area contributed by atoms with E-state index in [1.165, 1.54) is 11.1 Å². The summed E-state index contributed by atoms with van der Waals surface area (Å²) in [5, 5.41) is 4.65. The van der Waals surface area contributed by atoms with Gasteiger partial charge in [-0.2, -0.15) is 5.10 Å². The van der Waals surface area contributed by atoms with Crippen molar-refractivity contribution >= 4 is 11.5 Å². The molecule has 0 unspecified atom stereocenters. The highest BCUT2D eigenvalue weighted by Gasteiger charge is 2.25. The van der Waals surface area contributed by atoms with Crippen LogP contribution in [0, 0.1) is 6.92 Å². The first kappa shape index (κ1) is 13.0. The molecule has 4 rings (SSSR count). The number of fused-ring (bicyclic) bond motifs is 1. The molecule has 3 nitrogen and oxygen atoms in total. The number of aliphatic imine (C=N–C) groups is 1. The molecule has 2 heterocycles. The Morgan fingerprint density at radius 3 is 2.36 bits per heavy atom. The second-order valence-electron chi connectivity index (χ2n) is 5.64. The largest absolute Gasteiger partial charge is 0.240 e. The molecule has 1 atom stereocenters. The Balaban J connectivity index is 1.83. The van der Waals surface area contributed by atoms with Gasteiger partial charge < -0.3 is 0 Å². The van der Waals surface area contributed by atoms with Crippen molar-refractivity contribution in [3.05, 3.63) is 83.6 Å². The summed E-state index contributed by atoms with van der Waals surface area (Å²) in [7, 11) is 0. The third-order valence-corrected chi connectivity index (χ3v) is 4.06. The van der Waals surface area contributed by atoms with Gasteiger partial charge in [-0.05, 0) is 18.1 Å². The van der Waals surface area contributed by atoms with E-state index < -0.39 is 0 Å². The lowest BCUT2D eigenvalue weighted by molar-refractivity contribution is 0.529. The van der Waals surface area contributed by atoms with Crippen LogP contribution in [0.4, 0.5) is 5.82 Å². The van der Waals surface area contributed by atoms with E-state index in [4.69, 9.17) is 4.99 Å². The fourth-order valence-corrected chi connectivity index (χ4v) is 3.02. The maximum atomic E-state index is 4.83. The maximum Gasteiger partial charge on any atom is 0.151 e. The van der Waals surface area contributed by atoms with Crippen molar-refractivity contribution in [1.29, 1.82) is 0 Å². The molecule has 2 aromatic carbocycles. The van der Waals surface area contributed by atoms with Crippen molar-refractivity contribution in [2.24, 2.45) is 4.99 Å². The monoisotopic (exact) mass is 287 g/mol. The van der Waals surface area contributed by atoms with E-state index in [1.807, 2.05) is 19.1 Å². The zero-order chi connectivity index (χ0) is 14.9. The van der Waals surface area contributed by atoms with Crippen molar-refractivity contribution in [3.8, 4) is 0 Å². The van der Waals surface area contributed by atoms with Crippen LogP contribution in [0.3, 0.4) is 0 Å². The smallest absolute Gasteiger partial charge is 0.151 e. The lowest BCUT2D eigenvalue weighted by Crippen LogP contribution is -2.21. The van der Waals surface area contributed by atoms with Gasteiger partial charge in [0.25, 0.3) is 0 Å². The van der Waals surface area contributed by atoms with E-state index in [0.29, 0.717) is 0 Å². The van der Waals surface area contributed by atoms with Crippen molar-refractivity contribution in [2.45, 2.75) is 19.4 Å². The zero-order valence-corrected chi connectivity index (χ0v) is 12.5. The highest BCUT2D eigenvalue weighted by molar-refractivity contribution is 6.03. The predicted octanol–water partition coefficient (Wildman–Crippen LogP) is 4.31. The van der Waals surface area contributed by atoms with Gasteiger partial charge in [0.15, 0.2) is 5.82 Å². The molecular weight excluding hydrogens is 270 g/mol. The molecule has 0 saturated carbocycles. The van der Waals surface area contributed by atoms with E-state index in [9.17, 15) is 0 Å². The Labute approximate surface area is 130 Å². The topological polar surface area (TPSA) is 30.2 Å². The van der Waals surface area contributed by atoms with Crippen molar-refractivity contribution < 1.29 is 0 Å². The lowest BCUT2D eigenvalue weighted by atomic mass is 9.96. The Kier molecular flexibility index (Phi) is 3.11. The molecule has 108 valence electrons. The van der Waals surface area contributed by atoms with Gasteiger partial charge in [0, 0.05) is 12.5 Å². The highest BCUT2D eigenvalue weighted by Crippen LogP contribution is 2.33. The minimum atomic E-state index is 0.206. The molecule has 3 aromatic rings. The molecule has 1 aromatic heterocycles. The van der Waals surface area contributed by atoms with Gasteiger partial charge >= 0.3 is 0 Å². The Morgan fingerprint density at radius 1 is 0.955 bits per heavy atom. The van der Waals surface area contributed by atoms with E-state index in [2.05, 4.69) is 64.4 Å². The third-order valence-electron chi connectivity index (χ3n) is 4.06. The van der Waals surface area contributed by atoms with E-state index in [0.717, 1.165) is 23.6 Å².